The third-order valence-electron chi connectivity index (χ3n) is 5.59. The monoisotopic (exact) mass is 470 g/mol. The number of benzene rings is 2. The van der Waals surface area contributed by atoms with Gasteiger partial charge >= 0.3 is 5.97 Å². The summed E-state index contributed by atoms with van der Waals surface area (Å²) < 4.78 is 18.3. The number of ether oxygens (including phenoxy) is 3. The topological polar surface area (TPSA) is 61.8 Å². The molecule has 0 aromatic heterocycles. The maximum absolute atomic E-state index is 13.0. The largest absolute Gasteiger partial charge is 0.493 e. The van der Waals surface area contributed by atoms with Crippen molar-refractivity contribution in [1.82, 2.24) is 0 Å². The molecule has 0 saturated heterocycles. The summed E-state index contributed by atoms with van der Waals surface area (Å²) in [5.41, 5.74) is 2.52. The van der Waals surface area contributed by atoms with Gasteiger partial charge in [-0.05, 0) is 68.1 Å². The normalized spacial score (nSPS) is 23.1. The molecule has 2 aliphatic rings. The Balaban J connectivity index is 1.40. The lowest BCUT2D eigenvalue weighted by Gasteiger charge is -2.36. The van der Waals surface area contributed by atoms with Crippen molar-refractivity contribution in [1.29, 1.82) is 0 Å². The lowest BCUT2D eigenvalue weighted by molar-refractivity contribution is -0.132. The SMILES string of the molecule is Cc1ccc(C)c(OC2=COC3CC(OC(=O)c4ccc(Br)cc4)CCC3C2=O)c1. The first kappa shape index (κ1) is 20.7. The van der Waals surface area contributed by atoms with Gasteiger partial charge in [0.1, 0.15) is 24.2 Å². The van der Waals surface area contributed by atoms with E-state index in [2.05, 4.69) is 15.9 Å². The molecule has 30 heavy (non-hydrogen) atoms. The van der Waals surface area contributed by atoms with Crippen LogP contribution in [0.2, 0.25) is 0 Å². The van der Waals surface area contributed by atoms with E-state index < -0.39 is 0 Å². The van der Waals surface area contributed by atoms with Crippen LogP contribution in [0.25, 0.3) is 0 Å². The minimum absolute atomic E-state index is 0.0511. The third-order valence-corrected chi connectivity index (χ3v) is 6.12. The highest BCUT2D eigenvalue weighted by Crippen LogP contribution is 2.36. The molecule has 0 spiro atoms. The van der Waals surface area contributed by atoms with Crippen LogP contribution < -0.4 is 4.74 Å². The van der Waals surface area contributed by atoms with Crippen LogP contribution in [0.15, 0.2) is 59.0 Å². The second-order valence-corrected chi connectivity index (χ2v) is 8.76. The van der Waals surface area contributed by atoms with Crippen molar-refractivity contribution in [2.75, 3.05) is 0 Å². The van der Waals surface area contributed by atoms with E-state index in [0.717, 1.165) is 15.6 Å². The number of carbonyl (C=O) groups excluding carboxylic acids is 2. The summed E-state index contributed by atoms with van der Waals surface area (Å²) in [4.78, 5) is 25.3. The van der Waals surface area contributed by atoms with Gasteiger partial charge in [-0.2, -0.15) is 0 Å². The number of Topliss-reactive ketones (excluding diaryl/α,β-unsaturated/α-hetero) is 1. The Morgan fingerprint density at radius 3 is 2.63 bits per heavy atom. The van der Waals surface area contributed by atoms with Crippen LogP contribution in [0.3, 0.4) is 0 Å². The van der Waals surface area contributed by atoms with Crippen molar-refractivity contribution in [2.24, 2.45) is 5.92 Å². The van der Waals surface area contributed by atoms with Crippen LogP contribution in [-0.4, -0.2) is 24.0 Å². The molecule has 0 bridgehead atoms. The van der Waals surface area contributed by atoms with E-state index in [0.29, 0.717) is 30.6 Å². The van der Waals surface area contributed by atoms with Gasteiger partial charge in [-0.3, -0.25) is 4.79 Å². The number of fused-ring (bicyclic) bond motifs is 1. The quantitative estimate of drug-likeness (QED) is 0.568. The number of allylic oxidation sites excluding steroid dienone is 1. The van der Waals surface area contributed by atoms with Gasteiger partial charge in [0.05, 0.1) is 11.5 Å². The number of hydrogen-bond donors (Lipinski definition) is 0. The average molecular weight is 471 g/mol. The summed E-state index contributed by atoms with van der Waals surface area (Å²) in [5, 5.41) is 0. The van der Waals surface area contributed by atoms with Gasteiger partial charge in [-0.25, -0.2) is 4.79 Å². The molecule has 6 heteroatoms. The molecule has 3 unspecified atom stereocenters. The van der Waals surface area contributed by atoms with E-state index in [1.165, 1.54) is 6.26 Å². The molecule has 3 atom stereocenters. The molecule has 2 aromatic carbocycles. The number of rotatable bonds is 4. The van der Waals surface area contributed by atoms with Crippen LogP contribution in [0.1, 0.15) is 40.7 Å². The highest BCUT2D eigenvalue weighted by molar-refractivity contribution is 9.10. The fraction of sp³-hybridized carbons (Fsp3) is 0.333. The summed E-state index contributed by atoms with van der Waals surface area (Å²) >= 11 is 3.35. The van der Waals surface area contributed by atoms with Gasteiger partial charge in [-0.1, -0.05) is 28.1 Å². The summed E-state index contributed by atoms with van der Waals surface area (Å²) in [7, 11) is 0. The second kappa shape index (κ2) is 8.64. The molecule has 0 N–H and O–H groups in total. The van der Waals surface area contributed by atoms with Gasteiger partial charge < -0.3 is 14.2 Å². The summed E-state index contributed by atoms with van der Waals surface area (Å²) in [6, 6.07) is 12.9. The molecule has 2 aromatic rings. The molecule has 156 valence electrons. The molecular weight excluding hydrogens is 448 g/mol. The number of carbonyl (C=O) groups is 2. The van der Waals surface area contributed by atoms with Crippen molar-refractivity contribution in [3.8, 4) is 5.75 Å². The molecule has 1 fully saturated rings. The Morgan fingerprint density at radius 2 is 1.87 bits per heavy atom. The van der Waals surface area contributed by atoms with Gasteiger partial charge in [0, 0.05) is 10.9 Å². The standard InChI is InChI=1S/C24H23BrO5/c1-14-3-4-15(2)20(11-14)30-22-13-28-21-12-18(9-10-19(21)23(22)26)29-24(27)16-5-7-17(25)8-6-16/h3-8,11,13,18-19,21H,9-10,12H2,1-2H3. The van der Waals surface area contributed by atoms with Crippen LogP contribution in [0.4, 0.5) is 0 Å². The summed E-state index contributed by atoms with van der Waals surface area (Å²) in [6.45, 7) is 3.92. The van der Waals surface area contributed by atoms with E-state index in [9.17, 15) is 9.59 Å². The zero-order valence-corrected chi connectivity index (χ0v) is 18.5. The van der Waals surface area contributed by atoms with Gasteiger partial charge in [0.2, 0.25) is 11.5 Å². The maximum atomic E-state index is 13.0. The van der Waals surface area contributed by atoms with E-state index in [4.69, 9.17) is 14.2 Å². The number of esters is 1. The van der Waals surface area contributed by atoms with Crippen LogP contribution in [0, 0.1) is 19.8 Å². The molecular formula is C24H23BrO5. The highest BCUT2D eigenvalue weighted by Gasteiger charge is 2.42. The lowest BCUT2D eigenvalue weighted by Crippen LogP contribution is -2.43. The Labute approximate surface area is 184 Å². The summed E-state index contributed by atoms with van der Waals surface area (Å²) in [6.07, 6.45) is 2.53. The Hall–Kier alpha value is -2.60. The average Bonchev–Trinajstić information content (AvgIpc) is 2.73. The molecule has 1 aliphatic heterocycles. The molecule has 1 heterocycles. The zero-order chi connectivity index (χ0) is 21.3. The van der Waals surface area contributed by atoms with E-state index >= 15 is 0 Å². The Morgan fingerprint density at radius 1 is 1.10 bits per heavy atom. The number of hydrogen-bond acceptors (Lipinski definition) is 5. The van der Waals surface area contributed by atoms with Crippen molar-refractivity contribution in [2.45, 2.75) is 45.3 Å². The van der Waals surface area contributed by atoms with E-state index in [1.807, 2.05) is 32.0 Å². The van der Waals surface area contributed by atoms with E-state index in [1.54, 1.807) is 24.3 Å². The van der Waals surface area contributed by atoms with Gasteiger partial charge in [-0.15, -0.1) is 0 Å². The molecule has 1 saturated carbocycles. The van der Waals surface area contributed by atoms with Gasteiger partial charge in [0.15, 0.2) is 0 Å². The zero-order valence-electron chi connectivity index (χ0n) is 16.9. The predicted octanol–water partition coefficient (Wildman–Crippen LogP) is 5.28. The fourth-order valence-corrected chi connectivity index (χ4v) is 4.12. The Kier molecular flexibility index (Phi) is 5.95. The minimum Gasteiger partial charge on any atom is -0.493 e. The number of aryl methyl sites for hydroxylation is 2. The predicted molar refractivity (Wildman–Crippen MR) is 115 cm³/mol. The highest BCUT2D eigenvalue weighted by atomic mass is 79.9. The molecule has 4 rings (SSSR count). The van der Waals surface area contributed by atoms with Gasteiger partial charge in [0.25, 0.3) is 0 Å². The third kappa shape index (κ3) is 4.43. The molecule has 5 nitrogen and oxygen atoms in total. The first-order valence-corrected chi connectivity index (χ1v) is 10.8. The lowest BCUT2D eigenvalue weighted by atomic mass is 9.80. The molecule has 0 radical (unpaired) electrons. The van der Waals surface area contributed by atoms with E-state index in [-0.39, 0.29) is 35.6 Å². The first-order chi connectivity index (χ1) is 14.4. The fourth-order valence-electron chi connectivity index (χ4n) is 3.86. The molecule has 0 amide bonds. The number of halogens is 1. The first-order valence-electron chi connectivity index (χ1n) is 10.0. The smallest absolute Gasteiger partial charge is 0.338 e. The van der Waals surface area contributed by atoms with Crippen LogP contribution in [0.5, 0.6) is 5.75 Å². The minimum atomic E-state index is -0.359. The van der Waals surface area contributed by atoms with Crippen molar-refractivity contribution in [3.05, 3.63) is 75.6 Å². The summed E-state index contributed by atoms with van der Waals surface area (Å²) in [5.74, 6) is 0.203. The second-order valence-electron chi connectivity index (χ2n) is 7.85. The van der Waals surface area contributed by atoms with Crippen LogP contribution in [-0.2, 0) is 14.3 Å². The van der Waals surface area contributed by atoms with Crippen molar-refractivity contribution < 1.29 is 23.8 Å². The maximum Gasteiger partial charge on any atom is 0.338 e. The molecule has 1 aliphatic carbocycles. The van der Waals surface area contributed by atoms with Crippen molar-refractivity contribution >= 4 is 27.7 Å². The Bertz CT molecular complexity index is 995. The number of ketones is 1. The van der Waals surface area contributed by atoms with Crippen LogP contribution >= 0.6 is 15.9 Å². The van der Waals surface area contributed by atoms with Crippen molar-refractivity contribution in [3.63, 3.8) is 0 Å².